The lowest BCUT2D eigenvalue weighted by Crippen LogP contribution is -2.39. The average molecular weight is 345 g/mol. The number of nitro benzene ring substituents is 1. The molecule has 9 heteroatoms. The van der Waals surface area contributed by atoms with Gasteiger partial charge in [-0.25, -0.2) is 4.79 Å². The van der Waals surface area contributed by atoms with Gasteiger partial charge < -0.3 is 9.84 Å². The highest BCUT2D eigenvalue weighted by molar-refractivity contribution is 6.30. The first-order chi connectivity index (χ1) is 10.5. The van der Waals surface area contributed by atoms with Gasteiger partial charge in [-0.15, -0.1) is 0 Å². The van der Waals surface area contributed by atoms with Gasteiger partial charge in [-0.05, 0) is 32.9 Å². The van der Waals surface area contributed by atoms with Gasteiger partial charge in [-0.1, -0.05) is 11.6 Å². The molecule has 1 amide bonds. The fraction of sp³-hybridized carbons (Fsp3) is 0.429. The molecule has 0 saturated heterocycles. The molecule has 0 fully saturated rings. The summed E-state index contributed by atoms with van der Waals surface area (Å²) in [6.45, 7) is 3.93. The summed E-state index contributed by atoms with van der Waals surface area (Å²) < 4.78 is 5.12. The van der Waals surface area contributed by atoms with Crippen LogP contribution in [0.25, 0.3) is 0 Å². The van der Waals surface area contributed by atoms with Crippen LogP contribution in [-0.4, -0.2) is 39.1 Å². The summed E-state index contributed by atoms with van der Waals surface area (Å²) in [5.41, 5.74) is -0.961. The van der Waals surface area contributed by atoms with Crippen molar-refractivity contribution in [3.8, 4) is 0 Å². The van der Waals surface area contributed by atoms with Crippen LogP contribution >= 0.6 is 11.6 Å². The summed E-state index contributed by atoms with van der Waals surface area (Å²) in [6, 6.07) is 3.86. The van der Waals surface area contributed by atoms with Crippen LogP contribution in [0.5, 0.6) is 0 Å². The molecule has 0 aliphatic carbocycles. The molecule has 0 aliphatic rings. The number of nitrogens with zero attached hydrogens (tertiary/aromatic N) is 2. The van der Waals surface area contributed by atoms with Crippen LogP contribution in [0, 0.1) is 10.1 Å². The van der Waals surface area contributed by atoms with E-state index in [-0.39, 0.29) is 22.8 Å². The molecule has 23 heavy (non-hydrogen) atoms. The van der Waals surface area contributed by atoms with Crippen molar-refractivity contribution in [3.63, 3.8) is 0 Å². The monoisotopic (exact) mass is 344 g/mol. The first-order valence-electron chi connectivity index (χ1n) is 6.62. The number of carboxylic acid groups (broad SMARTS) is 1. The van der Waals surface area contributed by atoms with E-state index in [4.69, 9.17) is 21.4 Å². The molecule has 126 valence electrons. The maximum atomic E-state index is 12.1. The smallest absolute Gasteiger partial charge is 0.411 e. The van der Waals surface area contributed by atoms with Crippen molar-refractivity contribution in [1.29, 1.82) is 0 Å². The van der Waals surface area contributed by atoms with Gasteiger partial charge in [0.15, 0.2) is 0 Å². The Morgan fingerprint density at radius 2 is 2.00 bits per heavy atom. The zero-order valence-electron chi connectivity index (χ0n) is 12.9. The van der Waals surface area contributed by atoms with Crippen molar-refractivity contribution < 1.29 is 24.4 Å². The molecule has 1 aromatic rings. The van der Waals surface area contributed by atoms with Gasteiger partial charge in [-0.2, -0.15) is 0 Å². The number of nitro groups is 1. The van der Waals surface area contributed by atoms with Crippen molar-refractivity contribution in [2.75, 3.05) is 6.54 Å². The van der Waals surface area contributed by atoms with Crippen LogP contribution in [0.3, 0.4) is 0 Å². The van der Waals surface area contributed by atoms with E-state index in [9.17, 15) is 19.7 Å². The van der Waals surface area contributed by atoms with E-state index in [0.717, 1.165) is 4.90 Å². The van der Waals surface area contributed by atoms with E-state index in [1.165, 1.54) is 18.2 Å². The molecular formula is C14H17ClN2O6. The molecular weight excluding hydrogens is 328 g/mol. The molecule has 1 N–H and O–H groups in total. The van der Waals surface area contributed by atoms with Gasteiger partial charge in [-0.3, -0.25) is 19.8 Å². The Kier molecular flexibility index (Phi) is 5.91. The predicted molar refractivity (Wildman–Crippen MR) is 82.4 cm³/mol. The molecule has 0 radical (unpaired) electrons. The van der Waals surface area contributed by atoms with E-state index in [1.54, 1.807) is 20.8 Å². The SMILES string of the molecule is CC(C)(C)OC(=O)N(CC(=O)O)Cc1cc(Cl)ccc1[N+](=O)[O-]. The zero-order chi connectivity index (χ0) is 17.8. The third kappa shape index (κ3) is 6.11. The number of halogens is 1. The lowest BCUT2D eigenvalue weighted by atomic mass is 10.1. The fourth-order valence-electron chi connectivity index (χ4n) is 1.74. The molecule has 8 nitrogen and oxygen atoms in total. The Bertz CT molecular complexity index is 626. The van der Waals surface area contributed by atoms with Crippen LogP contribution in [0.1, 0.15) is 26.3 Å². The largest absolute Gasteiger partial charge is 0.480 e. The van der Waals surface area contributed by atoms with Gasteiger partial charge in [0.25, 0.3) is 5.69 Å². The Morgan fingerprint density at radius 3 is 2.48 bits per heavy atom. The average Bonchev–Trinajstić information content (AvgIpc) is 2.34. The maximum Gasteiger partial charge on any atom is 0.411 e. The van der Waals surface area contributed by atoms with E-state index < -0.39 is 29.1 Å². The minimum Gasteiger partial charge on any atom is -0.480 e. The number of hydrogen-bond acceptors (Lipinski definition) is 5. The number of aliphatic carboxylic acids is 1. The number of carboxylic acids is 1. The van der Waals surface area contributed by atoms with Crippen molar-refractivity contribution >= 4 is 29.4 Å². The van der Waals surface area contributed by atoms with Crippen molar-refractivity contribution in [2.24, 2.45) is 0 Å². The summed E-state index contributed by atoms with van der Waals surface area (Å²) >= 11 is 5.82. The van der Waals surface area contributed by atoms with Crippen LogP contribution in [0.15, 0.2) is 18.2 Å². The molecule has 0 heterocycles. The lowest BCUT2D eigenvalue weighted by molar-refractivity contribution is -0.385. The highest BCUT2D eigenvalue weighted by atomic mass is 35.5. The number of ether oxygens (including phenoxy) is 1. The number of rotatable bonds is 5. The molecule has 1 rings (SSSR count). The van der Waals surface area contributed by atoms with Gasteiger partial charge in [0.1, 0.15) is 12.1 Å². The molecule has 0 aromatic heterocycles. The number of carbonyl (C=O) groups is 2. The highest BCUT2D eigenvalue weighted by Gasteiger charge is 2.26. The van der Waals surface area contributed by atoms with Crippen molar-refractivity contribution in [1.82, 2.24) is 4.90 Å². The second-order valence-corrected chi connectivity index (χ2v) is 6.20. The normalized spacial score (nSPS) is 11.0. The second kappa shape index (κ2) is 7.28. The molecule has 0 spiro atoms. The van der Waals surface area contributed by atoms with Crippen molar-refractivity contribution in [3.05, 3.63) is 38.9 Å². The van der Waals surface area contributed by atoms with E-state index >= 15 is 0 Å². The molecule has 1 aromatic carbocycles. The van der Waals surface area contributed by atoms with Crippen LogP contribution in [0.2, 0.25) is 5.02 Å². The third-order valence-electron chi connectivity index (χ3n) is 2.58. The molecule has 0 aliphatic heterocycles. The van der Waals surface area contributed by atoms with Gasteiger partial charge in [0.2, 0.25) is 0 Å². The maximum absolute atomic E-state index is 12.1. The van der Waals surface area contributed by atoms with Gasteiger partial charge in [0, 0.05) is 11.1 Å². The van der Waals surface area contributed by atoms with E-state index in [2.05, 4.69) is 0 Å². The zero-order valence-corrected chi connectivity index (χ0v) is 13.7. The summed E-state index contributed by atoms with van der Waals surface area (Å²) in [5, 5.41) is 20.2. The minimum atomic E-state index is -1.26. The van der Waals surface area contributed by atoms with Crippen molar-refractivity contribution in [2.45, 2.75) is 32.9 Å². The molecule has 0 unspecified atom stereocenters. The number of hydrogen-bond donors (Lipinski definition) is 1. The quantitative estimate of drug-likeness (QED) is 0.649. The van der Waals surface area contributed by atoms with Crippen LogP contribution < -0.4 is 0 Å². The fourth-order valence-corrected chi connectivity index (χ4v) is 1.93. The summed E-state index contributed by atoms with van der Waals surface area (Å²) in [7, 11) is 0. The molecule has 0 saturated carbocycles. The highest BCUT2D eigenvalue weighted by Crippen LogP contribution is 2.24. The standard InChI is InChI=1S/C14H17ClN2O6/c1-14(2,3)23-13(20)16(8-12(18)19)7-9-6-10(15)4-5-11(9)17(21)22/h4-6H,7-8H2,1-3H3,(H,18,19). The topological polar surface area (TPSA) is 110 Å². The predicted octanol–water partition coefficient (Wildman–Crippen LogP) is 3.07. The third-order valence-corrected chi connectivity index (χ3v) is 2.81. The van der Waals surface area contributed by atoms with Gasteiger partial charge in [0.05, 0.1) is 17.0 Å². The van der Waals surface area contributed by atoms with E-state index in [1.807, 2.05) is 0 Å². The van der Waals surface area contributed by atoms with Gasteiger partial charge >= 0.3 is 12.1 Å². The molecule has 0 atom stereocenters. The van der Waals surface area contributed by atoms with Crippen LogP contribution in [0.4, 0.5) is 10.5 Å². The summed E-state index contributed by atoms with van der Waals surface area (Å²) in [6.07, 6.45) is -0.880. The summed E-state index contributed by atoms with van der Waals surface area (Å²) in [5.74, 6) is -1.26. The van der Waals surface area contributed by atoms with E-state index in [0.29, 0.717) is 0 Å². The first kappa shape index (κ1) is 18.7. The number of benzene rings is 1. The molecule has 0 bridgehead atoms. The summed E-state index contributed by atoms with van der Waals surface area (Å²) in [4.78, 5) is 34.3. The Morgan fingerprint density at radius 1 is 1.39 bits per heavy atom. The second-order valence-electron chi connectivity index (χ2n) is 5.76. The van der Waals surface area contributed by atoms with Crippen LogP contribution in [-0.2, 0) is 16.1 Å². The number of amides is 1. The first-order valence-corrected chi connectivity index (χ1v) is 7.00. The minimum absolute atomic E-state index is 0.120. The Labute approximate surface area is 137 Å². The Balaban J connectivity index is 3.11. The number of carbonyl (C=O) groups excluding carboxylic acids is 1. The Hall–Kier alpha value is -2.35. The lowest BCUT2D eigenvalue weighted by Gasteiger charge is -2.26.